The molecule has 0 saturated carbocycles. The fourth-order valence-corrected chi connectivity index (χ4v) is 1.61. The second-order valence-electron chi connectivity index (χ2n) is 3.40. The summed E-state index contributed by atoms with van der Waals surface area (Å²) in [6.07, 6.45) is 2.18. The molecule has 0 bridgehead atoms. The molecule has 0 spiro atoms. The van der Waals surface area contributed by atoms with Crippen molar-refractivity contribution in [1.29, 1.82) is 0 Å². The van der Waals surface area contributed by atoms with Gasteiger partial charge in [-0.1, -0.05) is 35.0 Å². The minimum atomic E-state index is -1.25. The fourth-order valence-electron chi connectivity index (χ4n) is 1.35. The number of benzene rings is 1. The summed E-state index contributed by atoms with van der Waals surface area (Å²) in [5, 5.41) is 12.6. The number of rotatable bonds is 2. The molecule has 80 valence electrons. The van der Waals surface area contributed by atoms with Crippen LogP contribution in [0.25, 0.3) is 5.76 Å². The average Bonchev–Trinajstić information content (AvgIpc) is 2.63. The van der Waals surface area contributed by atoms with Crippen LogP contribution in [-0.4, -0.2) is 11.0 Å². The van der Waals surface area contributed by atoms with Crippen LogP contribution in [0.4, 0.5) is 0 Å². The van der Waals surface area contributed by atoms with E-state index in [0.29, 0.717) is 12.2 Å². The van der Waals surface area contributed by atoms with Crippen molar-refractivity contribution in [3.05, 3.63) is 40.5 Å². The summed E-state index contributed by atoms with van der Waals surface area (Å²) in [6, 6.07) is 7.73. The van der Waals surface area contributed by atoms with Gasteiger partial charge in [0.05, 0.1) is 0 Å². The Morgan fingerprint density at radius 3 is 2.60 bits per heavy atom. The molecule has 0 amide bonds. The predicted octanol–water partition coefficient (Wildman–Crippen LogP) is 2.42. The first kappa shape index (κ1) is 10.5. The molecular formula is C11H12BrNO2. The lowest BCUT2D eigenvalue weighted by atomic mass is 10.2. The minimum absolute atomic E-state index is 0.490. The Morgan fingerprint density at radius 2 is 2.07 bits per heavy atom. The Hall–Kier alpha value is -1.00. The van der Waals surface area contributed by atoms with Gasteiger partial charge in [-0.25, -0.2) is 0 Å². The zero-order chi connectivity index (χ0) is 10.9. The van der Waals surface area contributed by atoms with Gasteiger partial charge < -0.3 is 15.2 Å². The van der Waals surface area contributed by atoms with Crippen LogP contribution >= 0.6 is 15.9 Å². The van der Waals surface area contributed by atoms with E-state index in [4.69, 9.17) is 4.74 Å². The first-order valence-electron chi connectivity index (χ1n) is 4.78. The molecule has 3 nitrogen and oxygen atoms in total. The van der Waals surface area contributed by atoms with Gasteiger partial charge in [0.1, 0.15) is 5.76 Å². The molecule has 4 heteroatoms. The second-order valence-corrected chi connectivity index (χ2v) is 4.32. The van der Waals surface area contributed by atoms with Gasteiger partial charge in [0.2, 0.25) is 0 Å². The SMILES string of the molecule is CCC1(O)NC=C(c2ccc(Br)cc2)O1. The molecule has 2 rings (SSSR count). The monoisotopic (exact) mass is 269 g/mol. The van der Waals surface area contributed by atoms with Gasteiger partial charge in [-0.15, -0.1) is 0 Å². The van der Waals surface area contributed by atoms with Gasteiger partial charge in [-0.3, -0.25) is 0 Å². The molecule has 15 heavy (non-hydrogen) atoms. The van der Waals surface area contributed by atoms with Crippen molar-refractivity contribution in [1.82, 2.24) is 5.32 Å². The van der Waals surface area contributed by atoms with E-state index in [1.54, 1.807) is 6.20 Å². The highest BCUT2D eigenvalue weighted by molar-refractivity contribution is 9.10. The molecule has 0 radical (unpaired) electrons. The molecular weight excluding hydrogens is 258 g/mol. The van der Waals surface area contributed by atoms with Crippen LogP contribution in [0.1, 0.15) is 18.9 Å². The summed E-state index contributed by atoms with van der Waals surface area (Å²) in [7, 11) is 0. The number of halogens is 1. The van der Waals surface area contributed by atoms with Gasteiger partial charge >= 0.3 is 0 Å². The number of ether oxygens (including phenoxy) is 1. The standard InChI is InChI=1S/C11H12BrNO2/c1-2-11(14)13-7-10(15-11)8-3-5-9(12)6-4-8/h3-7,13-14H,2H2,1H3. The Bertz CT molecular complexity index is 388. The maximum atomic E-state index is 9.79. The van der Waals surface area contributed by atoms with E-state index < -0.39 is 5.91 Å². The van der Waals surface area contributed by atoms with Crippen LogP contribution in [0, 0.1) is 0 Å². The summed E-state index contributed by atoms with van der Waals surface area (Å²) < 4.78 is 6.43. The normalized spacial score (nSPS) is 24.3. The van der Waals surface area contributed by atoms with Crippen molar-refractivity contribution >= 4 is 21.7 Å². The van der Waals surface area contributed by atoms with Crippen molar-refractivity contribution in [2.75, 3.05) is 0 Å². The Kier molecular flexibility index (Phi) is 2.71. The van der Waals surface area contributed by atoms with Crippen molar-refractivity contribution in [2.24, 2.45) is 0 Å². The topological polar surface area (TPSA) is 41.5 Å². The van der Waals surface area contributed by atoms with Crippen molar-refractivity contribution in [2.45, 2.75) is 19.3 Å². The molecule has 1 heterocycles. The fraction of sp³-hybridized carbons (Fsp3) is 0.273. The zero-order valence-corrected chi connectivity index (χ0v) is 9.91. The van der Waals surface area contributed by atoms with Gasteiger partial charge in [0.25, 0.3) is 5.91 Å². The van der Waals surface area contributed by atoms with Crippen LogP contribution < -0.4 is 5.32 Å². The maximum absolute atomic E-state index is 9.79. The molecule has 1 aliphatic heterocycles. The highest BCUT2D eigenvalue weighted by Crippen LogP contribution is 2.27. The zero-order valence-electron chi connectivity index (χ0n) is 8.33. The van der Waals surface area contributed by atoms with Crippen LogP contribution in [-0.2, 0) is 4.74 Å². The second kappa shape index (κ2) is 3.87. The molecule has 0 aromatic heterocycles. The largest absolute Gasteiger partial charge is 0.442 e. The highest BCUT2D eigenvalue weighted by atomic mass is 79.9. The number of nitrogens with one attached hydrogen (secondary N) is 1. The lowest BCUT2D eigenvalue weighted by Gasteiger charge is -2.21. The predicted molar refractivity (Wildman–Crippen MR) is 61.6 cm³/mol. The third-order valence-corrected chi connectivity index (χ3v) is 2.84. The first-order valence-corrected chi connectivity index (χ1v) is 5.57. The molecule has 1 aromatic carbocycles. The quantitative estimate of drug-likeness (QED) is 0.867. The van der Waals surface area contributed by atoms with Crippen molar-refractivity contribution in [3.8, 4) is 0 Å². The summed E-state index contributed by atoms with van der Waals surface area (Å²) in [5.41, 5.74) is 0.940. The van der Waals surface area contributed by atoms with E-state index in [2.05, 4.69) is 21.2 Å². The molecule has 1 aromatic rings. The van der Waals surface area contributed by atoms with E-state index in [1.165, 1.54) is 0 Å². The molecule has 1 atom stereocenters. The van der Waals surface area contributed by atoms with E-state index in [9.17, 15) is 5.11 Å². The Balaban J connectivity index is 2.17. The molecule has 0 aliphatic carbocycles. The number of hydrogen-bond acceptors (Lipinski definition) is 3. The van der Waals surface area contributed by atoms with E-state index >= 15 is 0 Å². The number of aliphatic hydroxyl groups is 1. The van der Waals surface area contributed by atoms with Crippen molar-refractivity contribution in [3.63, 3.8) is 0 Å². The van der Waals surface area contributed by atoms with Crippen LogP contribution in [0.15, 0.2) is 34.9 Å². The summed E-state index contributed by atoms with van der Waals surface area (Å²) in [5.74, 6) is -0.588. The van der Waals surface area contributed by atoms with Gasteiger partial charge in [0, 0.05) is 22.7 Å². The molecule has 0 saturated heterocycles. The van der Waals surface area contributed by atoms with Gasteiger partial charge in [-0.2, -0.15) is 0 Å². The summed E-state index contributed by atoms with van der Waals surface area (Å²) in [6.45, 7) is 1.85. The van der Waals surface area contributed by atoms with Crippen LogP contribution in [0.5, 0.6) is 0 Å². The van der Waals surface area contributed by atoms with Crippen LogP contribution in [0.3, 0.4) is 0 Å². The molecule has 1 aliphatic rings. The first-order chi connectivity index (χ1) is 7.13. The molecule has 2 N–H and O–H groups in total. The smallest absolute Gasteiger partial charge is 0.289 e. The third-order valence-electron chi connectivity index (χ3n) is 2.32. The Morgan fingerprint density at radius 1 is 1.40 bits per heavy atom. The highest BCUT2D eigenvalue weighted by Gasteiger charge is 2.31. The lowest BCUT2D eigenvalue weighted by molar-refractivity contribution is -0.161. The van der Waals surface area contributed by atoms with E-state index in [-0.39, 0.29) is 0 Å². The van der Waals surface area contributed by atoms with Crippen molar-refractivity contribution < 1.29 is 9.84 Å². The minimum Gasteiger partial charge on any atom is -0.442 e. The van der Waals surface area contributed by atoms with E-state index in [1.807, 2.05) is 31.2 Å². The average molecular weight is 270 g/mol. The molecule has 1 unspecified atom stereocenters. The maximum Gasteiger partial charge on any atom is 0.289 e. The third kappa shape index (κ3) is 2.16. The lowest BCUT2D eigenvalue weighted by Crippen LogP contribution is -2.39. The number of hydrogen-bond donors (Lipinski definition) is 2. The van der Waals surface area contributed by atoms with Gasteiger partial charge in [0.15, 0.2) is 0 Å². The van der Waals surface area contributed by atoms with Gasteiger partial charge in [-0.05, 0) is 12.1 Å². The summed E-state index contributed by atoms with van der Waals surface area (Å²) >= 11 is 3.36. The summed E-state index contributed by atoms with van der Waals surface area (Å²) in [4.78, 5) is 0. The Labute approximate surface area is 96.9 Å². The van der Waals surface area contributed by atoms with E-state index in [0.717, 1.165) is 10.0 Å². The molecule has 0 fully saturated rings. The van der Waals surface area contributed by atoms with Crippen LogP contribution in [0.2, 0.25) is 0 Å².